The van der Waals surface area contributed by atoms with Gasteiger partial charge in [-0.15, -0.1) is 0 Å². The lowest BCUT2D eigenvalue weighted by atomic mass is 10.0. The number of benzene rings is 4. The Kier molecular flexibility index (Phi) is 7.44. The van der Waals surface area contributed by atoms with Crippen LogP contribution in [0.1, 0.15) is 46.6 Å². The summed E-state index contributed by atoms with van der Waals surface area (Å²) >= 11 is 0. The maximum atomic E-state index is 2.30. The van der Waals surface area contributed by atoms with E-state index >= 15 is 0 Å². The molecule has 0 saturated heterocycles. The first kappa shape index (κ1) is 22.8. The van der Waals surface area contributed by atoms with Crippen molar-refractivity contribution in [3.8, 4) is 22.3 Å². The second-order valence-electron chi connectivity index (χ2n) is 8.45. The third kappa shape index (κ3) is 5.68. The Bertz CT molecular complexity index is 1030. The first-order valence-corrected chi connectivity index (χ1v) is 13.4. The van der Waals surface area contributed by atoms with E-state index in [1.54, 1.807) is 0 Å². The SMILES string of the molecule is Cc1ccc(-c2ccc([C@@H](C)SS[C@H](C)c3ccc(-c4ccc(C)cc4)cc3)cc2)cc1. The van der Waals surface area contributed by atoms with Gasteiger partial charge in [0.25, 0.3) is 0 Å². The molecule has 0 spiro atoms. The highest BCUT2D eigenvalue weighted by molar-refractivity contribution is 8.76. The van der Waals surface area contributed by atoms with Crippen molar-refractivity contribution in [1.29, 1.82) is 0 Å². The zero-order valence-corrected chi connectivity index (χ0v) is 20.8. The van der Waals surface area contributed by atoms with Crippen LogP contribution in [-0.2, 0) is 0 Å². The van der Waals surface area contributed by atoms with Crippen molar-refractivity contribution in [3.05, 3.63) is 119 Å². The summed E-state index contributed by atoms with van der Waals surface area (Å²) in [5.74, 6) is 0. The van der Waals surface area contributed by atoms with Gasteiger partial charge < -0.3 is 0 Å². The van der Waals surface area contributed by atoms with E-state index in [1.807, 2.05) is 21.6 Å². The Balaban J connectivity index is 1.34. The van der Waals surface area contributed by atoms with Gasteiger partial charge in [-0.2, -0.15) is 0 Å². The van der Waals surface area contributed by atoms with Gasteiger partial charge in [-0.25, -0.2) is 0 Å². The van der Waals surface area contributed by atoms with Crippen LogP contribution in [0.3, 0.4) is 0 Å². The van der Waals surface area contributed by atoms with E-state index in [0.29, 0.717) is 10.5 Å². The lowest BCUT2D eigenvalue weighted by Crippen LogP contribution is -1.90. The van der Waals surface area contributed by atoms with Crippen LogP contribution in [0.5, 0.6) is 0 Å². The Hall–Kier alpha value is -2.42. The topological polar surface area (TPSA) is 0 Å². The standard InChI is InChI=1S/C30H30S2/c1-21-5-9-27(10-6-21)29-17-13-25(14-18-29)23(3)31-32-24(4)26-15-19-30(20-16-26)28-11-7-22(2)8-12-28/h5-20,23-24H,1-4H3/t23-,24-/m1/s1. The van der Waals surface area contributed by atoms with Gasteiger partial charge in [0, 0.05) is 10.5 Å². The van der Waals surface area contributed by atoms with Crippen molar-refractivity contribution in [2.75, 3.05) is 0 Å². The monoisotopic (exact) mass is 454 g/mol. The molecule has 32 heavy (non-hydrogen) atoms. The Morgan fingerprint density at radius 3 is 0.938 bits per heavy atom. The van der Waals surface area contributed by atoms with E-state index in [-0.39, 0.29) is 0 Å². The van der Waals surface area contributed by atoms with E-state index in [0.717, 1.165) is 0 Å². The van der Waals surface area contributed by atoms with Crippen molar-refractivity contribution in [3.63, 3.8) is 0 Å². The van der Waals surface area contributed by atoms with E-state index in [9.17, 15) is 0 Å². The average molecular weight is 455 g/mol. The molecule has 0 heterocycles. The summed E-state index contributed by atoms with van der Waals surface area (Å²) in [6.45, 7) is 8.85. The summed E-state index contributed by atoms with van der Waals surface area (Å²) in [6, 6.07) is 35.6. The van der Waals surface area contributed by atoms with Crippen LogP contribution in [-0.4, -0.2) is 0 Å². The van der Waals surface area contributed by atoms with Crippen LogP contribution in [0.25, 0.3) is 22.3 Å². The summed E-state index contributed by atoms with van der Waals surface area (Å²) in [4.78, 5) is 0. The highest BCUT2D eigenvalue weighted by Gasteiger charge is 2.12. The molecule has 0 aliphatic carbocycles. The minimum absolute atomic E-state index is 0.446. The minimum Gasteiger partial charge on any atom is -0.0856 e. The van der Waals surface area contributed by atoms with Crippen molar-refractivity contribution in [2.24, 2.45) is 0 Å². The minimum atomic E-state index is 0.446. The van der Waals surface area contributed by atoms with Crippen molar-refractivity contribution in [2.45, 2.75) is 38.2 Å². The van der Waals surface area contributed by atoms with Gasteiger partial charge in [0.05, 0.1) is 0 Å². The summed E-state index contributed by atoms with van der Waals surface area (Å²) in [5.41, 5.74) is 10.5. The molecule has 0 fully saturated rings. The molecule has 2 atom stereocenters. The molecule has 2 heteroatoms. The molecule has 162 valence electrons. The first-order valence-electron chi connectivity index (χ1n) is 11.2. The summed E-state index contributed by atoms with van der Waals surface area (Å²) in [7, 11) is 3.91. The van der Waals surface area contributed by atoms with Gasteiger partial charge in [0.15, 0.2) is 0 Å². The molecule has 0 aromatic heterocycles. The molecule has 0 N–H and O–H groups in total. The van der Waals surface area contributed by atoms with Gasteiger partial charge in [0.1, 0.15) is 0 Å². The third-order valence-electron chi connectivity index (χ3n) is 5.87. The summed E-state index contributed by atoms with van der Waals surface area (Å²) in [5, 5.41) is 0.891. The quantitative estimate of drug-likeness (QED) is 0.255. The Labute approximate surface area is 200 Å². The number of rotatable bonds is 7. The molecule has 0 aliphatic rings. The highest BCUT2D eigenvalue weighted by atomic mass is 33.1. The predicted molar refractivity (Wildman–Crippen MR) is 145 cm³/mol. The number of hydrogen-bond acceptors (Lipinski definition) is 2. The number of aryl methyl sites for hydroxylation is 2. The molecule has 4 aromatic carbocycles. The Morgan fingerprint density at radius 1 is 0.406 bits per heavy atom. The zero-order valence-electron chi connectivity index (χ0n) is 19.2. The fourth-order valence-electron chi connectivity index (χ4n) is 3.66. The zero-order chi connectivity index (χ0) is 22.5. The predicted octanol–water partition coefficient (Wildman–Crippen LogP) is 9.84. The molecule has 0 radical (unpaired) electrons. The summed E-state index contributed by atoms with van der Waals surface area (Å²) in [6.07, 6.45) is 0. The second-order valence-corrected chi connectivity index (χ2v) is 11.4. The van der Waals surface area contributed by atoms with Gasteiger partial charge in [-0.1, -0.05) is 130 Å². The molecule has 0 amide bonds. The fourth-order valence-corrected chi connectivity index (χ4v) is 6.20. The Morgan fingerprint density at radius 2 is 0.656 bits per heavy atom. The fraction of sp³-hybridized carbons (Fsp3) is 0.200. The van der Waals surface area contributed by atoms with Crippen LogP contribution >= 0.6 is 21.6 Å². The van der Waals surface area contributed by atoms with Crippen molar-refractivity contribution in [1.82, 2.24) is 0 Å². The van der Waals surface area contributed by atoms with Gasteiger partial charge in [-0.3, -0.25) is 0 Å². The van der Waals surface area contributed by atoms with Crippen LogP contribution in [0.15, 0.2) is 97.1 Å². The maximum Gasteiger partial charge on any atom is 0.0373 e. The first-order chi connectivity index (χ1) is 15.5. The highest BCUT2D eigenvalue weighted by Crippen LogP contribution is 2.46. The molecular weight excluding hydrogens is 424 g/mol. The van der Waals surface area contributed by atoms with Crippen LogP contribution in [0, 0.1) is 13.8 Å². The van der Waals surface area contributed by atoms with Crippen LogP contribution < -0.4 is 0 Å². The van der Waals surface area contributed by atoms with E-state index in [1.165, 1.54) is 44.5 Å². The maximum absolute atomic E-state index is 2.30. The van der Waals surface area contributed by atoms with Gasteiger partial charge >= 0.3 is 0 Å². The van der Waals surface area contributed by atoms with E-state index in [2.05, 4.69) is 125 Å². The second kappa shape index (κ2) is 10.5. The smallest absolute Gasteiger partial charge is 0.0373 e. The molecule has 0 bridgehead atoms. The normalized spacial score (nSPS) is 13.0. The van der Waals surface area contributed by atoms with Crippen molar-refractivity contribution < 1.29 is 0 Å². The molecule has 4 aromatic rings. The third-order valence-corrected chi connectivity index (χ3v) is 9.17. The van der Waals surface area contributed by atoms with Gasteiger partial charge in [0.2, 0.25) is 0 Å². The molecule has 4 rings (SSSR count). The molecule has 0 nitrogen and oxygen atoms in total. The largest absolute Gasteiger partial charge is 0.0856 e. The van der Waals surface area contributed by atoms with Gasteiger partial charge in [-0.05, 0) is 61.1 Å². The van der Waals surface area contributed by atoms with Crippen LogP contribution in [0.2, 0.25) is 0 Å². The number of hydrogen-bond donors (Lipinski definition) is 0. The lowest BCUT2D eigenvalue weighted by Gasteiger charge is -2.16. The molecular formula is C30H30S2. The van der Waals surface area contributed by atoms with Crippen molar-refractivity contribution >= 4 is 21.6 Å². The molecule has 0 aliphatic heterocycles. The van der Waals surface area contributed by atoms with E-state index < -0.39 is 0 Å². The molecule has 0 saturated carbocycles. The lowest BCUT2D eigenvalue weighted by molar-refractivity contribution is 1.10. The van der Waals surface area contributed by atoms with Crippen LogP contribution in [0.4, 0.5) is 0 Å². The average Bonchev–Trinajstić information content (AvgIpc) is 2.83. The summed E-state index contributed by atoms with van der Waals surface area (Å²) < 4.78 is 0. The van der Waals surface area contributed by atoms with E-state index in [4.69, 9.17) is 0 Å². The molecule has 0 unspecified atom stereocenters.